The van der Waals surface area contributed by atoms with Crippen molar-refractivity contribution in [2.45, 2.75) is 38.6 Å². The fourth-order valence-corrected chi connectivity index (χ4v) is 5.00. The first-order chi connectivity index (χ1) is 9.81. The van der Waals surface area contributed by atoms with E-state index >= 15 is 0 Å². The summed E-state index contributed by atoms with van der Waals surface area (Å²) >= 11 is 1.91. The van der Waals surface area contributed by atoms with Crippen LogP contribution in [-0.2, 0) is 6.54 Å². The monoisotopic (exact) mass is 290 g/mol. The fraction of sp³-hybridized carbons (Fsp3) is 0.765. The molecule has 3 heterocycles. The van der Waals surface area contributed by atoms with E-state index < -0.39 is 0 Å². The van der Waals surface area contributed by atoms with Crippen LogP contribution in [0.15, 0.2) is 17.5 Å². The predicted molar refractivity (Wildman–Crippen MR) is 85.0 cm³/mol. The SMILES string of the molecule is c1csc(CN2CC[C@]3(CCCN(CC4CC4)C3)C2)c1. The lowest BCUT2D eigenvalue weighted by molar-refractivity contribution is 0.0885. The van der Waals surface area contributed by atoms with E-state index in [0.29, 0.717) is 5.41 Å². The highest BCUT2D eigenvalue weighted by Crippen LogP contribution is 2.41. The van der Waals surface area contributed by atoms with Crippen molar-refractivity contribution >= 4 is 11.3 Å². The summed E-state index contributed by atoms with van der Waals surface area (Å²) in [5, 5.41) is 2.21. The molecule has 3 fully saturated rings. The highest BCUT2D eigenvalue weighted by Gasteiger charge is 2.41. The highest BCUT2D eigenvalue weighted by molar-refractivity contribution is 7.09. The van der Waals surface area contributed by atoms with E-state index in [0.717, 1.165) is 5.92 Å². The van der Waals surface area contributed by atoms with Crippen LogP contribution in [0.2, 0.25) is 0 Å². The van der Waals surface area contributed by atoms with E-state index in [4.69, 9.17) is 0 Å². The van der Waals surface area contributed by atoms with E-state index in [9.17, 15) is 0 Å². The smallest absolute Gasteiger partial charge is 0.0328 e. The third-order valence-corrected chi connectivity index (χ3v) is 6.29. The molecule has 1 atom stereocenters. The Morgan fingerprint density at radius 1 is 1.15 bits per heavy atom. The second-order valence-electron chi connectivity index (χ2n) is 7.32. The van der Waals surface area contributed by atoms with Gasteiger partial charge in [0.25, 0.3) is 0 Å². The number of nitrogens with zero attached hydrogens (tertiary/aromatic N) is 2. The van der Waals surface area contributed by atoms with Crippen LogP contribution in [-0.4, -0.2) is 42.5 Å². The summed E-state index contributed by atoms with van der Waals surface area (Å²) in [6.45, 7) is 7.98. The lowest BCUT2D eigenvalue weighted by Crippen LogP contribution is -2.45. The molecule has 1 aliphatic carbocycles. The molecule has 0 N–H and O–H groups in total. The van der Waals surface area contributed by atoms with Gasteiger partial charge in [0.15, 0.2) is 0 Å². The molecule has 1 aromatic rings. The van der Waals surface area contributed by atoms with Crippen LogP contribution >= 0.6 is 11.3 Å². The number of thiophene rings is 1. The molecule has 0 bridgehead atoms. The van der Waals surface area contributed by atoms with Crippen LogP contribution < -0.4 is 0 Å². The normalized spacial score (nSPS) is 32.2. The van der Waals surface area contributed by atoms with Crippen molar-refractivity contribution in [3.63, 3.8) is 0 Å². The summed E-state index contributed by atoms with van der Waals surface area (Å²) in [4.78, 5) is 7.02. The van der Waals surface area contributed by atoms with Gasteiger partial charge in [-0.1, -0.05) is 6.07 Å². The zero-order valence-electron chi connectivity index (χ0n) is 12.4. The second kappa shape index (κ2) is 5.43. The Kier molecular flexibility index (Phi) is 3.61. The Hall–Kier alpha value is -0.380. The average molecular weight is 290 g/mol. The molecule has 0 aromatic carbocycles. The standard InChI is InChI=1S/C17H26N2S/c1-3-16(20-10-1)12-19-9-7-17(14-19)6-2-8-18(13-17)11-15-4-5-15/h1,3,10,15H,2,4-9,11-14H2/t17-/m0/s1. The van der Waals surface area contributed by atoms with Crippen molar-refractivity contribution in [2.75, 3.05) is 32.7 Å². The van der Waals surface area contributed by atoms with Gasteiger partial charge in [0, 0.05) is 31.1 Å². The Morgan fingerprint density at radius 3 is 2.85 bits per heavy atom. The van der Waals surface area contributed by atoms with Gasteiger partial charge in [-0.15, -0.1) is 11.3 Å². The number of piperidine rings is 1. The molecule has 3 aliphatic rings. The van der Waals surface area contributed by atoms with E-state index in [-0.39, 0.29) is 0 Å². The molecule has 0 radical (unpaired) electrons. The van der Waals surface area contributed by atoms with Crippen LogP contribution in [0.3, 0.4) is 0 Å². The minimum atomic E-state index is 0.629. The number of hydrogen-bond acceptors (Lipinski definition) is 3. The van der Waals surface area contributed by atoms with E-state index in [1.807, 2.05) is 11.3 Å². The van der Waals surface area contributed by atoms with Crippen LogP contribution in [0.4, 0.5) is 0 Å². The maximum Gasteiger partial charge on any atom is 0.0328 e. The van der Waals surface area contributed by atoms with Crippen molar-refractivity contribution in [3.05, 3.63) is 22.4 Å². The maximum absolute atomic E-state index is 2.79. The summed E-state index contributed by atoms with van der Waals surface area (Å²) in [6, 6.07) is 4.47. The summed E-state index contributed by atoms with van der Waals surface area (Å²) in [7, 11) is 0. The quantitative estimate of drug-likeness (QED) is 0.838. The molecule has 0 unspecified atom stereocenters. The van der Waals surface area contributed by atoms with Gasteiger partial charge in [0.05, 0.1) is 0 Å². The average Bonchev–Trinajstić information content (AvgIpc) is 2.96. The molecule has 1 spiro atoms. The fourth-order valence-electron chi connectivity index (χ4n) is 4.25. The predicted octanol–water partition coefficient (Wildman–Crippen LogP) is 3.45. The number of hydrogen-bond donors (Lipinski definition) is 0. The van der Waals surface area contributed by atoms with Crippen molar-refractivity contribution in [1.82, 2.24) is 9.80 Å². The third-order valence-electron chi connectivity index (χ3n) is 5.43. The molecule has 2 nitrogen and oxygen atoms in total. The molecule has 3 heteroatoms. The Morgan fingerprint density at radius 2 is 2.05 bits per heavy atom. The number of likely N-dealkylation sites (tertiary alicyclic amines) is 2. The summed E-state index contributed by atoms with van der Waals surface area (Å²) in [5.41, 5.74) is 0.629. The maximum atomic E-state index is 2.79. The molecule has 2 aliphatic heterocycles. The lowest BCUT2D eigenvalue weighted by atomic mass is 9.79. The van der Waals surface area contributed by atoms with Crippen LogP contribution in [0.25, 0.3) is 0 Å². The van der Waals surface area contributed by atoms with Crippen molar-refractivity contribution < 1.29 is 0 Å². The first kappa shape index (κ1) is 13.3. The van der Waals surface area contributed by atoms with Gasteiger partial charge in [-0.2, -0.15) is 0 Å². The topological polar surface area (TPSA) is 6.48 Å². The first-order valence-corrected chi connectivity index (χ1v) is 9.16. The minimum Gasteiger partial charge on any atom is -0.302 e. The summed E-state index contributed by atoms with van der Waals surface area (Å²) < 4.78 is 0. The van der Waals surface area contributed by atoms with Crippen molar-refractivity contribution in [1.29, 1.82) is 0 Å². The van der Waals surface area contributed by atoms with Crippen molar-refractivity contribution in [2.24, 2.45) is 11.3 Å². The molecular formula is C17H26N2S. The zero-order chi connectivity index (χ0) is 13.4. The molecule has 1 saturated carbocycles. The largest absolute Gasteiger partial charge is 0.302 e. The highest BCUT2D eigenvalue weighted by atomic mass is 32.1. The molecular weight excluding hydrogens is 264 g/mol. The summed E-state index contributed by atoms with van der Waals surface area (Å²) in [5.74, 6) is 1.05. The lowest BCUT2D eigenvalue weighted by Gasteiger charge is -2.40. The molecule has 110 valence electrons. The van der Waals surface area contributed by atoms with E-state index in [1.54, 1.807) is 0 Å². The molecule has 4 rings (SSSR count). The van der Waals surface area contributed by atoms with Crippen LogP contribution in [0.5, 0.6) is 0 Å². The number of rotatable bonds is 4. The van der Waals surface area contributed by atoms with E-state index in [2.05, 4.69) is 27.3 Å². The van der Waals surface area contributed by atoms with Crippen LogP contribution in [0, 0.1) is 11.3 Å². The zero-order valence-corrected chi connectivity index (χ0v) is 13.2. The summed E-state index contributed by atoms with van der Waals surface area (Å²) in [6.07, 6.45) is 7.32. The van der Waals surface area contributed by atoms with Gasteiger partial charge in [0.1, 0.15) is 0 Å². The minimum absolute atomic E-state index is 0.629. The van der Waals surface area contributed by atoms with Gasteiger partial charge in [-0.3, -0.25) is 4.90 Å². The molecule has 0 amide bonds. The second-order valence-corrected chi connectivity index (χ2v) is 8.35. The Balaban J connectivity index is 1.35. The van der Waals surface area contributed by atoms with Gasteiger partial charge in [0.2, 0.25) is 0 Å². The Bertz CT molecular complexity index is 440. The molecule has 1 aromatic heterocycles. The van der Waals surface area contributed by atoms with Gasteiger partial charge >= 0.3 is 0 Å². The first-order valence-electron chi connectivity index (χ1n) is 8.29. The van der Waals surface area contributed by atoms with Gasteiger partial charge in [-0.25, -0.2) is 0 Å². The van der Waals surface area contributed by atoms with Gasteiger partial charge < -0.3 is 4.90 Å². The molecule has 2 saturated heterocycles. The Labute approximate surface area is 126 Å². The van der Waals surface area contributed by atoms with E-state index in [1.165, 1.54) is 76.2 Å². The third kappa shape index (κ3) is 2.95. The van der Waals surface area contributed by atoms with Crippen molar-refractivity contribution in [3.8, 4) is 0 Å². The molecule has 20 heavy (non-hydrogen) atoms. The van der Waals surface area contributed by atoms with Crippen LogP contribution in [0.1, 0.15) is 37.0 Å². The van der Waals surface area contributed by atoms with Gasteiger partial charge in [-0.05, 0) is 68.0 Å².